The Bertz CT molecular complexity index is 1580. The molecule has 0 aromatic rings. The first-order chi connectivity index (χ1) is 39.2. The van der Waals surface area contributed by atoms with Gasteiger partial charge in [-0.3, -0.25) is 9.59 Å². The van der Waals surface area contributed by atoms with E-state index < -0.39 is 67.4 Å². The number of carbonyl (C=O) groups is 2. The Kier molecular flexibility index (Phi) is 53.1. The molecule has 0 aromatic carbocycles. The van der Waals surface area contributed by atoms with E-state index in [0.717, 1.165) is 103 Å². The summed E-state index contributed by atoms with van der Waals surface area (Å²) in [5.41, 5.74) is 0. The molecule has 0 bridgehead atoms. The van der Waals surface area contributed by atoms with Gasteiger partial charge in [0.2, 0.25) is 5.91 Å². The number of unbranched alkanes of at least 4 members (excludes halogenated alkanes) is 32. The van der Waals surface area contributed by atoms with Crippen LogP contribution < -0.4 is 5.32 Å². The van der Waals surface area contributed by atoms with Gasteiger partial charge in [0.05, 0.1) is 25.4 Å². The Morgan fingerprint density at radius 1 is 0.487 bits per heavy atom. The summed E-state index contributed by atoms with van der Waals surface area (Å²) in [7, 11) is 0. The van der Waals surface area contributed by atoms with Crippen LogP contribution in [0.2, 0.25) is 0 Å². The third kappa shape index (κ3) is 43.7. The van der Waals surface area contributed by atoms with E-state index in [1.165, 1.54) is 141 Å². The molecule has 1 rings (SSSR count). The van der Waals surface area contributed by atoms with E-state index in [1.54, 1.807) is 6.08 Å². The number of aliphatic hydroxyl groups is 5. The molecule has 1 saturated heterocycles. The van der Waals surface area contributed by atoms with Gasteiger partial charge in [0.15, 0.2) is 12.4 Å². The van der Waals surface area contributed by atoms with E-state index in [2.05, 4.69) is 86.8 Å². The van der Waals surface area contributed by atoms with Crippen LogP contribution in [0.15, 0.2) is 72.9 Å². The zero-order valence-electron chi connectivity index (χ0n) is 51.4. The number of hydrogen-bond acceptors (Lipinski definition) is 10. The second-order valence-electron chi connectivity index (χ2n) is 22.8. The standard InChI is InChI=1S/C69H123NO10/c1-4-7-10-13-16-19-22-25-27-28-29-30-31-32-33-34-35-36-37-39-42-45-48-51-54-57-64(74)80-67-66(76)65(75)63(58-71)79-69(67)78-59-60(61(72)55-52-49-46-43-40-24-21-18-15-12-9-6-3)70-68(77)62(73)56-53-50-47-44-41-38-26-23-20-17-14-11-8-5-2/h16,19-20,23,25,27,29-30,32-33,52,55,60-63,65-67,69,71-73,75-76H,4-15,17-18,21-22,24,26,28,31,34-51,53-54,56-59H2,1-3H3,(H,70,77)/b19-16-,23-20-,27-25-,30-29-,33-32-,55-52+. The highest BCUT2D eigenvalue weighted by Gasteiger charge is 2.47. The molecular weight excluding hydrogens is 1000 g/mol. The first kappa shape index (κ1) is 75.1. The maximum Gasteiger partial charge on any atom is 0.306 e. The van der Waals surface area contributed by atoms with Gasteiger partial charge in [-0.25, -0.2) is 0 Å². The number of nitrogens with one attached hydrogen (secondary N) is 1. The minimum absolute atomic E-state index is 0.114. The first-order valence-corrected chi connectivity index (χ1v) is 33.2. The zero-order valence-corrected chi connectivity index (χ0v) is 51.4. The number of rotatable bonds is 56. The summed E-state index contributed by atoms with van der Waals surface area (Å²) in [6.07, 6.45) is 62.2. The summed E-state index contributed by atoms with van der Waals surface area (Å²) in [6.45, 7) is 5.75. The highest BCUT2D eigenvalue weighted by atomic mass is 16.7. The van der Waals surface area contributed by atoms with Crippen LogP contribution in [0.25, 0.3) is 0 Å². The third-order valence-corrected chi connectivity index (χ3v) is 15.3. The summed E-state index contributed by atoms with van der Waals surface area (Å²) in [5, 5.41) is 57.0. The fourth-order valence-corrected chi connectivity index (χ4v) is 10.0. The van der Waals surface area contributed by atoms with Crippen LogP contribution in [-0.4, -0.2) is 99.6 Å². The van der Waals surface area contributed by atoms with E-state index in [9.17, 15) is 35.1 Å². The van der Waals surface area contributed by atoms with Crippen molar-refractivity contribution < 1.29 is 49.3 Å². The van der Waals surface area contributed by atoms with E-state index in [0.29, 0.717) is 12.8 Å². The van der Waals surface area contributed by atoms with Crippen LogP contribution in [0, 0.1) is 0 Å². The lowest BCUT2D eigenvalue weighted by atomic mass is 9.99. The molecule has 0 saturated carbocycles. The molecule has 1 fully saturated rings. The van der Waals surface area contributed by atoms with Crippen molar-refractivity contribution in [2.45, 2.75) is 339 Å². The van der Waals surface area contributed by atoms with Crippen molar-refractivity contribution in [1.82, 2.24) is 5.32 Å². The van der Waals surface area contributed by atoms with Crippen molar-refractivity contribution in [1.29, 1.82) is 0 Å². The fraction of sp³-hybridized carbons (Fsp3) is 0.797. The Morgan fingerprint density at radius 3 is 1.34 bits per heavy atom. The number of esters is 1. The molecule has 0 aromatic heterocycles. The molecule has 8 unspecified atom stereocenters. The predicted molar refractivity (Wildman–Crippen MR) is 333 cm³/mol. The summed E-state index contributed by atoms with van der Waals surface area (Å²) in [6, 6.07) is -1.03. The second-order valence-corrected chi connectivity index (χ2v) is 22.8. The SMILES string of the molecule is CCCCC/C=C\C/C=C\C/C=C\C/C=C\CCCCCCCCCCCC(=O)OC1C(OCC(NC(=O)C(O)CCCCCCCC/C=C\CCCCCC)C(O)/C=C/CCCCCCCCCCCC)OC(CO)C(O)C1O. The van der Waals surface area contributed by atoms with Crippen LogP contribution in [-0.2, 0) is 23.8 Å². The van der Waals surface area contributed by atoms with Gasteiger partial charge in [-0.05, 0) is 96.3 Å². The molecule has 0 radical (unpaired) electrons. The molecule has 0 spiro atoms. The molecule has 80 heavy (non-hydrogen) atoms. The molecule has 1 amide bonds. The number of ether oxygens (including phenoxy) is 3. The maximum atomic E-state index is 13.4. The van der Waals surface area contributed by atoms with Crippen LogP contribution in [0.4, 0.5) is 0 Å². The Balaban J connectivity index is 2.60. The Morgan fingerprint density at radius 2 is 0.863 bits per heavy atom. The minimum Gasteiger partial charge on any atom is -0.454 e. The molecule has 0 aliphatic carbocycles. The highest BCUT2D eigenvalue weighted by Crippen LogP contribution is 2.26. The lowest BCUT2D eigenvalue weighted by Gasteiger charge is -2.41. The lowest BCUT2D eigenvalue weighted by Crippen LogP contribution is -2.61. The summed E-state index contributed by atoms with van der Waals surface area (Å²) >= 11 is 0. The van der Waals surface area contributed by atoms with E-state index in [-0.39, 0.29) is 19.4 Å². The molecule has 464 valence electrons. The fourth-order valence-electron chi connectivity index (χ4n) is 10.0. The van der Waals surface area contributed by atoms with Crippen LogP contribution in [0.1, 0.15) is 290 Å². The van der Waals surface area contributed by atoms with Gasteiger partial charge in [-0.1, -0.05) is 261 Å². The maximum absolute atomic E-state index is 13.4. The number of carbonyl (C=O) groups excluding carboxylic acids is 2. The van der Waals surface area contributed by atoms with Crippen molar-refractivity contribution in [3.05, 3.63) is 72.9 Å². The number of amides is 1. The molecule has 8 atom stereocenters. The minimum atomic E-state index is -1.62. The molecule has 11 heteroatoms. The van der Waals surface area contributed by atoms with E-state index in [1.807, 2.05) is 6.08 Å². The topological polar surface area (TPSA) is 175 Å². The first-order valence-electron chi connectivity index (χ1n) is 33.2. The molecular formula is C69H123NO10. The van der Waals surface area contributed by atoms with Crippen molar-refractivity contribution in [3.8, 4) is 0 Å². The molecule has 1 aliphatic rings. The van der Waals surface area contributed by atoms with E-state index in [4.69, 9.17) is 14.2 Å². The summed E-state index contributed by atoms with van der Waals surface area (Å²) in [5.74, 6) is -1.20. The average molecular weight is 1130 g/mol. The van der Waals surface area contributed by atoms with Gasteiger partial charge in [-0.2, -0.15) is 0 Å². The van der Waals surface area contributed by atoms with Gasteiger partial charge in [0.25, 0.3) is 0 Å². The van der Waals surface area contributed by atoms with Gasteiger partial charge in [0.1, 0.15) is 24.4 Å². The predicted octanol–water partition coefficient (Wildman–Crippen LogP) is 16.3. The van der Waals surface area contributed by atoms with Crippen molar-refractivity contribution in [3.63, 3.8) is 0 Å². The summed E-state index contributed by atoms with van der Waals surface area (Å²) in [4.78, 5) is 26.6. The van der Waals surface area contributed by atoms with Gasteiger partial charge >= 0.3 is 5.97 Å². The van der Waals surface area contributed by atoms with Crippen molar-refractivity contribution in [2.75, 3.05) is 13.2 Å². The molecule has 6 N–H and O–H groups in total. The largest absolute Gasteiger partial charge is 0.454 e. The average Bonchev–Trinajstić information content (AvgIpc) is 3.46. The smallest absolute Gasteiger partial charge is 0.306 e. The van der Waals surface area contributed by atoms with Crippen LogP contribution >= 0.6 is 0 Å². The van der Waals surface area contributed by atoms with Crippen molar-refractivity contribution in [2.24, 2.45) is 0 Å². The highest BCUT2D eigenvalue weighted by molar-refractivity contribution is 5.80. The van der Waals surface area contributed by atoms with Crippen molar-refractivity contribution >= 4 is 11.9 Å². The Hall–Kier alpha value is -2.90. The van der Waals surface area contributed by atoms with Crippen LogP contribution in [0.5, 0.6) is 0 Å². The number of hydrogen-bond donors (Lipinski definition) is 6. The second kappa shape index (κ2) is 56.6. The molecule has 11 nitrogen and oxygen atoms in total. The van der Waals surface area contributed by atoms with Crippen LogP contribution in [0.3, 0.4) is 0 Å². The van der Waals surface area contributed by atoms with Gasteiger partial charge in [-0.15, -0.1) is 0 Å². The third-order valence-electron chi connectivity index (χ3n) is 15.3. The number of allylic oxidation sites excluding steroid dienone is 11. The molecule has 1 aliphatic heterocycles. The van der Waals surface area contributed by atoms with Gasteiger partial charge < -0.3 is 45.1 Å². The monoisotopic (exact) mass is 1130 g/mol. The van der Waals surface area contributed by atoms with E-state index >= 15 is 0 Å². The number of aliphatic hydroxyl groups excluding tert-OH is 5. The lowest BCUT2D eigenvalue weighted by molar-refractivity contribution is -0.305. The molecule has 1 heterocycles. The quantitative estimate of drug-likeness (QED) is 0.0195. The Labute approximate surface area is 490 Å². The normalized spacial score (nSPS) is 19.2. The zero-order chi connectivity index (χ0) is 58.2. The van der Waals surface area contributed by atoms with Gasteiger partial charge in [0, 0.05) is 6.42 Å². The summed E-state index contributed by atoms with van der Waals surface area (Å²) < 4.78 is 17.6.